The minimum Gasteiger partial charge on any atom is -0.381 e. The normalized spacial score (nSPS) is 16.6. The number of aromatic amines is 1. The van der Waals surface area contributed by atoms with E-state index in [-0.39, 0.29) is 11.2 Å². The Morgan fingerprint density at radius 1 is 1.37 bits per heavy atom. The van der Waals surface area contributed by atoms with Crippen molar-refractivity contribution in [2.24, 2.45) is 0 Å². The standard InChI is InChI=1S/C14H13ClN4/c15-11-5-2-1-4-10(11)14(6-3-7-14)12-9(8-16)13(17)19-18-12/h1-2,4-5H,3,6-7H2,(H3,17,18,19). The third kappa shape index (κ3) is 1.62. The van der Waals surface area contributed by atoms with E-state index in [0.29, 0.717) is 5.56 Å². The SMILES string of the molecule is N#Cc1c(N)n[nH]c1C1(c2ccccc2Cl)CCC1. The fourth-order valence-corrected chi connectivity index (χ4v) is 3.17. The zero-order chi connectivity index (χ0) is 13.5. The summed E-state index contributed by atoms with van der Waals surface area (Å²) in [5.41, 5.74) is 7.79. The van der Waals surface area contributed by atoms with Crippen molar-refractivity contribution >= 4 is 17.4 Å². The van der Waals surface area contributed by atoms with Crippen LogP contribution in [-0.4, -0.2) is 10.2 Å². The predicted octanol–water partition coefficient (Wildman–Crippen LogP) is 2.99. The maximum absolute atomic E-state index is 9.26. The minimum atomic E-state index is -0.242. The van der Waals surface area contributed by atoms with Crippen molar-refractivity contribution < 1.29 is 0 Å². The molecular formula is C14H13ClN4. The molecular weight excluding hydrogens is 260 g/mol. The highest BCUT2D eigenvalue weighted by atomic mass is 35.5. The highest BCUT2D eigenvalue weighted by molar-refractivity contribution is 6.31. The number of rotatable bonds is 2. The lowest BCUT2D eigenvalue weighted by molar-refractivity contribution is 0.293. The second-order valence-electron chi connectivity index (χ2n) is 4.89. The van der Waals surface area contributed by atoms with Crippen molar-refractivity contribution in [2.45, 2.75) is 24.7 Å². The summed E-state index contributed by atoms with van der Waals surface area (Å²) in [6.07, 6.45) is 3.01. The first-order valence-corrected chi connectivity index (χ1v) is 6.56. The Bertz CT molecular complexity index is 664. The Kier molecular flexibility index (Phi) is 2.72. The van der Waals surface area contributed by atoms with E-state index in [4.69, 9.17) is 17.3 Å². The summed E-state index contributed by atoms with van der Waals surface area (Å²) >= 11 is 6.33. The van der Waals surface area contributed by atoms with Crippen LogP contribution >= 0.6 is 11.6 Å². The number of halogens is 1. The largest absolute Gasteiger partial charge is 0.381 e. The van der Waals surface area contributed by atoms with E-state index in [1.807, 2.05) is 24.3 Å². The van der Waals surface area contributed by atoms with Crippen molar-refractivity contribution in [3.8, 4) is 6.07 Å². The lowest BCUT2D eigenvalue weighted by Crippen LogP contribution is -2.37. The maximum atomic E-state index is 9.26. The number of hydrogen-bond acceptors (Lipinski definition) is 3. The molecule has 4 nitrogen and oxygen atoms in total. The van der Waals surface area contributed by atoms with E-state index in [1.165, 1.54) is 0 Å². The average molecular weight is 273 g/mol. The smallest absolute Gasteiger partial charge is 0.163 e. The highest BCUT2D eigenvalue weighted by Crippen LogP contribution is 2.51. The van der Waals surface area contributed by atoms with Crippen LogP contribution in [0.4, 0.5) is 5.82 Å². The molecule has 0 aliphatic heterocycles. The van der Waals surface area contributed by atoms with Crippen LogP contribution in [0.5, 0.6) is 0 Å². The number of hydrogen-bond donors (Lipinski definition) is 2. The summed E-state index contributed by atoms with van der Waals surface area (Å²) in [6, 6.07) is 9.91. The first-order chi connectivity index (χ1) is 9.19. The minimum absolute atomic E-state index is 0.242. The van der Waals surface area contributed by atoms with Gasteiger partial charge in [-0.05, 0) is 24.5 Å². The van der Waals surface area contributed by atoms with Crippen LogP contribution in [0.2, 0.25) is 5.02 Å². The third-order valence-corrected chi connectivity index (χ3v) is 4.31. The summed E-state index contributed by atoms with van der Waals surface area (Å²) < 4.78 is 0. The average Bonchev–Trinajstić information content (AvgIpc) is 2.72. The summed E-state index contributed by atoms with van der Waals surface area (Å²) in [5.74, 6) is 0.260. The Balaban J connectivity index is 2.20. The molecule has 1 saturated carbocycles. The van der Waals surface area contributed by atoms with Crippen LogP contribution < -0.4 is 5.73 Å². The molecule has 96 valence electrons. The Morgan fingerprint density at radius 2 is 2.11 bits per heavy atom. The molecule has 2 aromatic rings. The zero-order valence-electron chi connectivity index (χ0n) is 10.3. The Hall–Kier alpha value is -1.99. The maximum Gasteiger partial charge on any atom is 0.163 e. The van der Waals surface area contributed by atoms with E-state index in [2.05, 4.69) is 16.3 Å². The monoisotopic (exact) mass is 272 g/mol. The van der Waals surface area contributed by atoms with Gasteiger partial charge >= 0.3 is 0 Å². The van der Waals surface area contributed by atoms with Gasteiger partial charge in [0.15, 0.2) is 5.82 Å². The lowest BCUT2D eigenvalue weighted by Gasteiger charge is -2.42. The van der Waals surface area contributed by atoms with Gasteiger partial charge in [-0.25, -0.2) is 0 Å². The van der Waals surface area contributed by atoms with Crippen LogP contribution in [0, 0.1) is 11.3 Å². The number of anilines is 1. The number of nitrogens with one attached hydrogen (secondary N) is 1. The van der Waals surface area contributed by atoms with Gasteiger partial charge in [0.05, 0.1) is 5.69 Å². The summed E-state index contributed by atoms with van der Waals surface area (Å²) in [4.78, 5) is 0. The molecule has 3 N–H and O–H groups in total. The van der Waals surface area contributed by atoms with Gasteiger partial charge in [-0.2, -0.15) is 10.4 Å². The molecule has 1 fully saturated rings. The van der Waals surface area contributed by atoms with E-state index >= 15 is 0 Å². The highest BCUT2D eigenvalue weighted by Gasteiger charge is 2.45. The van der Waals surface area contributed by atoms with Crippen molar-refractivity contribution in [1.29, 1.82) is 5.26 Å². The van der Waals surface area contributed by atoms with Gasteiger partial charge in [0.2, 0.25) is 0 Å². The fourth-order valence-electron chi connectivity index (χ4n) is 2.85. The van der Waals surface area contributed by atoms with E-state index in [1.54, 1.807) is 0 Å². The molecule has 0 unspecified atom stereocenters. The first kappa shape index (κ1) is 12.1. The van der Waals surface area contributed by atoms with Gasteiger partial charge in [-0.1, -0.05) is 36.2 Å². The van der Waals surface area contributed by atoms with Gasteiger partial charge in [0.25, 0.3) is 0 Å². The van der Waals surface area contributed by atoms with Crippen LogP contribution in [0.15, 0.2) is 24.3 Å². The van der Waals surface area contributed by atoms with E-state index in [9.17, 15) is 5.26 Å². The Labute approximate surface area is 116 Å². The number of H-pyrrole nitrogens is 1. The molecule has 0 bridgehead atoms. The van der Waals surface area contributed by atoms with Crippen molar-refractivity contribution in [1.82, 2.24) is 10.2 Å². The third-order valence-electron chi connectivity index (χ3n) is 3.98. The quantitative estimate of drug-likeness (QED) is 0.882. The second kappa shape index (κ2) is 4.29. The number of aromatic nitrogens is 2. The first-order valence-electron chi connectivity index (χ1n) is 6.18. The van der Waals surface area contributed by atoms with Crippen molar-refractivity contribution in [3.63, 3.8) is 0 Å². The summed E-state index contributed by atoms with van der Waals surface area (Å²) in [6.45, 7) is 0. The van der Waals surface area contributed by atoms with E-state index < -0.39 is 0 Å². The van der Waals surface area contributed by atoms with Crippen molar-refractivity contribution in [3.05, 3.63) is 46.1 Å². The molecule has 5 heteroatoms. The molecule has 1 aliphatic carbocycles. The van der Waals surface area contributed by atoms with Gasteiger partial charge in [0.1, 0.15) is 11.6 Å². The molecule has 0 spiro atoms. The van der Waals surface area contributed by atoms with Gasteiger partial charge in [0, 0.05) is 10.4 Å². The van der Waals surface area contributed by atoms with Gasteiger partial charge in [-0.3, -0.25) is 5.10 Å². The number of benzene rings is 1. The molecule has 3 rings (SSSR count). The zero-order valence-corrected chi connectivity index (χ0v) is 11.0. The summed E-state index contributed by atoms with van der Waals surface area (Å²) in [7, 11) is 0. The molecule has 0 amide bonds. The fraction of sp³-hybridized carbons (Fsp3) is 0.286. The predicted molar refractivity (Wildman–Crippen MR) is 73.8 cm³/mol. The molecule has 0 radical (unpaired) electrons. The molecule has 1 aliphatic rings. The number of nitrogens with two attached hydrogens (primary N) is 1. The van der Waals surface area contributed by atoms with Crippen LogP contribution in [-0.2, 0) is 5.41 Å². The molecule has 1 aromatic heterocycles. The second-order valence-corrected chi connectivity index (χ2v) is 5.29. The molecule has 1 heterocycles. The number of nitrogen functional groups attached to an aromatic ring is 1. The molecule has 0 atom stereocenters. The lowest BCUT2D eigenvalue weighted by atomic mass is 9.61. The van der Waals surface area contributed by atoms with Gasteiger partial charge < -0.3 is 5.73 Å². The Morgan fingerprint density at radius 3 is 2.68 bits per heavy atom. The van der Waals surface area contributed by atoms with Crippen LogP contribution in [0.25, 0.3) is 0 Å². The van der Waals surface area contributed by atoms with Gasteiger partial charge in [-0.15, -0.1) is 0 Å². The number of nitriles is 1. The molecule has 1 aromatic carbocycles. The van der Waals surface area contributed by atoms with Crippen LogP contribution in [0.1, 0.15) is 36.1 Å². The molecule has 0 saturated heterocycles. The molecule has 19 heavy (non-hydrogen) atoms. The van der Waals surface area contributed by atoms with E-state index in [0.717, 1.165) is 35.5 Å². The summed E-state index contributed by atoms with van der Waals surface area (Å²) in [5, 5.41) is 16.9. The van der Waals surface area contributed by atoms with Crippen molar-refractivity contribution in [2.75, 3.05) is 5.73 Å². The number of nitrogens with zero attached hydrogens (tertiary/aromatic N) is 2. The topological polar surface area (TPSA) is 78.5 Å². The van der Waals surface area contributed by atoms with Crippen LogP contribution in [0.3, 0.4) is 0 Å².